The van der Waals surface area contributed by atoms with Crippen LogP contribution >= 0.6 is 11.8 Å². The second-order valence-electron chi connectivity index (χ2n) is 7.06. The van der Waals surface area contributed by atoms with Crippen LogP contribution in [0.25, 0.3) is 16.7 Å². The van der Waals surface area contributed by atoms with Crippen molar-refractivity contribution in [3.05, 3.63) is 60.7 Å². The molecule has 0 aliphatic carbocycles. The summed E-state index contributed by atoms with van der Waals surface area (Å²) < 4.78 is 15.0. The lowest BCUT2D eigenvalue weighted by atomic mass is 10.2. The summed E-state index contributed by atoms with van der Waals surface area (Å²) in [6, 6.07) is 14.3. The first kappa shape index (κ1) is 18.8. The average molecular weight is 422 g/mol. The number of nitrogens with zero attached hydrogens (tertiary/aromatic N) is 6. The zero-order valence-electron chi connectivity index (χ0n) is 16.1. The van der Waals surface area contributed by atoms with Crippen molar-refractivity contribution >= 4 is 40.0 Å². The van der Waals surface area contributed by atoms with Crippen LogP contribution in [0.5, 0.6) is 0 Å². The van der Waals surface area contributed by atoms with E-state index in [-0.39, 0.29) is 11.7 Å². The third-order valence-corrected chi connectivity index (χ3v) is 6.20. The molecule has 0 bridgehead atoms. The van der Waals surface area contributed by atoms with E-state index in [4.69, 9.17) is 0 Å². The van der Waals surface area contributed by atoms with Crippen LogP contribution in [0.1, 0.15) is 0 Å². The first-order valence-electron chi connectivity index (χ1n) is 9.68. The zero-order chi connectivity index (χ0) is 20.5. The summed E-state index contributed by atoms with van der Waals surface area (Å²) in [5, 5.41) is 8.89. The number of rotatable bonds is 4. The monoisotopic (exact) mass is 422 g/mol. The molecule has 3 heterocycles. The molecular formula is C21H19FN6OS. The van der Waals surface area contributed by atoms with E-state index in [0.29, 0.717) is 29.5 Å². The van der Waals surface area contributed by atoms with Crippen molar-refractivity contribution in [2.45, 2.75) is 5.03 Å². The molecule has 30 heavy (non-hydrogen) atoms. The van der Waals surface area contributed by atoms with Crippen LogP contribution in [0.2, 0.25) is 0 Å². The molecule has 1 aliphatic heterocycles. The molecular weight excluding hydrogens is 403 g/mol. The van der Waals surface area contributed by atoms with Crippen LogP contribution < -0.4 is 4.90 Å². The highest BCUT2D eigenvalue weighted by atomic mass is 32.2. The number of benzene rings is 2. The van der Waals surface area contributed by atoms with Crippen LogP contribution in [0.3, 0.4) is 0 Å². The zero-order valence-corrected chi connectivity index (χ0v) is 16.9. The Bertz CT molecular complexity index is 1200. The molecule has 0 saturated carbocycles. The van der Waals surface area contributed by atoms with E-state index in [1.54, 1.807) is 18.5 Å². The molecule has 1 fully saturated rings. The van der Waals surface area contributed by atoms with Crippen molar-refractivity contribution < 1.29 is 9.18 Å². The molecule has 1 amide bonds. The van der Waals surface area contributed by atoms with Gasteiger partial charge in [-0.15, -0.1) is 10.2 Å². The molecule has 7 nitrogen and oxygen atoms in total. The molecule has 1 aliphatic rings. The fraction of sp³-hybridized carbons (Fsp3) is 0.238. The minimum atomic E-state index is -0.242. The van der Waals surface area contributed by atoms with E-state index < -0.39 is 0 Å². The minimum Gasteiger partial charge on any atom is -0.368 e. The summed E-state index contributed by atoms with van der Waals surface area (Å²) in [5.41, 5.74) is 3.41. The van der Waals surface area contributed by atoms with E-state index in [1.807, 2.05) is 33.6 Å². The highest BCUT2D eigenvalue weighted by molar-refractivity contribution is 8.00. The molecule has 0 unspecified atom stereocenters. The Kier molecular flexibility index (Phi) is 4.96. The Labute approximate surface area is 176 Å². The normalized spacial score (nSPS) is 14.6. The van der Waals surface area contributed by atoms with Gasteiger partial charge in [0.1, 0.15) is 17.2 Å². The Morgan fingerprint density at radius 3 is 2.60 bits per heavy atom. The molecule has 1 saturated heterocycles. The molecule has 4 aromatic rings. The molecule has 9 heteroatoms. The molecule has 152 valence electrons. The number of anilines is 1. The summed E-state index contributed by atoms with van der Waals surface area (Å²) in [6.45, 7) is 2.74. The lowest BCUT2D eigenvalue weighted by Gasteiger charge is -2.36. The van der Waals surface area contributed by atoms with Gasteiger partial charge in [0.2, 0.25) is 5.91 Å². The van der Waals surface area contributed by atoms with E-state index in [0.717, 1.165) is 29.8 Å². The highest BCUT2D eigenvalue weighted by Crippen LogP contribution is 2.25. The molecule has 2 aromatic carbocycles. The summed E-state index contributed by atoms with van der Waals surface area (Å²) in [4.78, 5) is 21.5. The molecule has 0 atom stereocenters. The fourth-order valence-electron chi connectivity index (χ4n) is 3.66. The number of piperazine rings is 1. The van der Waals surface area contributed by atoms with Crippen LogP contribution in [0.15, 0.2) is 59.9 Å². The van der Waals surface area contributed by atoms with Crippen LogP contribution in [0, 0.1) is 5.82 Å². The van der Waals surface area contributed by atoms with E-state index in [9.17, 15) is 9.18 Å². The number of para-hydroxylation sites is 2. The van der Waals surface area contributed by atoms with Gasteiger partial charge in [-0.1, -0.05) is 23.9 Å². The van der Waals surface area contributed by atoms with Crippen molar-refractivity contribution in [3.8, 4) is 0 Å². The van der Waals surface area contributed by atoms with E-state index in [2.05, 4.69) is 20.1 Å². The van der Waals surface area contributed by atoms with Gasteiger partial charge in [0.25, 0.3) is 0 Å². The number of aromatic nitrogens is 4. The van der Waals surface area contributed by atoms with E-state index in [1.165, 1.54) is 23.9 Å². The third-order valence-electron chi connectivity index (χ3n) is 5.26. The van der Waals surface area contributed by atoms with Gasteiger partial charge in [0.15, 0.2) is 5.65 Å². The summed E-state index contributed by atoms with van der Waals surface area (Å²) in [6.07, 6.45) is 1.67. The second-order valence-corrected chi connectivity index (χ2v) is 8.03. The number of halogens is 1. The number of carbonyl (C=O) groups excluding carboxylic acids is 1. The Morgan fingerprint density at radius 2 is 1.80 bits per heavy atom. The number of amides is 1. The van der Waals surface area contributed by atoms with E-state index >= 15 is 0 Å². The van der Waals surface area contributed by atoms with Gasteiger partial charge in [0.05, 0.1) is 16.8 Å². The second kappa shape index (κ2) is 7.91. The lowest BCUT2D eigenvalue weighted by molar-refractivity contribution is -0.128. The summed E-state index contributed by atoms with van der Waals surface area (Å²) in [5.74, 6) is 0.129. The van der Waals surface area contributed by atoms with Crippen molar-refractivity contribution in [1.29, 1.82) is 0 Å². The van der Waals surface area contributed by atoms with Gasteiger partial charge in [0, 0.05) is 31.9 Å². The highest BCUT2D eigenvalue weighted by Gasteiger charge is 2.22. The minimum absolute atomic E-state index is 0.0754. The Morgan fingerprint density at radius 1 is 1.03 bits per heavy atom. The number of thioether (sulfide) groups is 1. The molecule has 0 N–H and O–H groups in total. The predicted molar refractivity (Wildman–Crippen MR) is 114 cm³/mol. The van der Waals surface area contributed by atoms with Crippen molar-refractivity contribution in [2.75, 3.05) is 36.8 Å². The van der Waals surface area contributed by atoms with Gasteiger partial charge in [-0.2, -0.15) is 0 Å². The first-order valence-corrected chi connectivity index (χ1v) is 10.7. The largest absolute Gasteiger partial charge is 0.368 e. The number of carbonyl (C=O) groups is 1. The van der Waals surface area contributed by atoms with Crippen LogP contribution in [0.4, 0.5) is 10.1 Å². The SMILES string of the molecule is O=C(CSc1nc2ccccc2n2cnnc12)N1CCN(c2ccc(F)cc2)CC1. The quantitative estimate of drug-likeness (QED) is 0.471. The molecule has 5 rings (SSSR count). The average Bonchev–Trinajstić information content (AvgIpc) is 3.28. The topological polar surface area (TPSA) is 66.6 Å². The Balaban J connectivity index is 1.24. The molecule has 0 radical (unpaired) electrons. The molecule has 2 aromatic heterocycles. The van der Waals surface area contributed by atoms with Crippen molar-refractivity contribution in [1.82, 2.24) is 24.5 Å². The van der Waals surface area contributed by atoms with Crippen LogP contribution in [-0.4, -0.2) is 62.3 Å². The summed E-state index contributed by atoms with van der Waals surface area (Å²) >= 11 is 1.39. The van der Waals surface area contributed by atoms with Crippen LogP contribution in [-0.2, 0) is 4.79 Å². The standard InChI is InChI=1S/C21H19FN6OS/c22-15-5-7-16(8-6-15)26-9-11-27(12-10-26)19(29)13-30-21-20-25-23-14-28(20)18-4-2-1-3-17(18)24-21/h1-8,14H,9-13H2. The number of hydrogen-bond acceptors (Lipinski definition) is 6. The number of fused-ring (bicyclic) bond motifs is 3. The fourth-order valence-corrected chi connectivity index (χ4v) is 4.54. The van der Waals surface area contributed by atoms with Crippen molar-refractivity contribution in [2.24, 2.45) is 0 Å². The maximum atomic E-state index is 13.1. The van der Waals surface area contributed by atoms with Gasteiger partial charge < -0.3 is 9.80 Å². The maximum absolute atomic E-state index is 13.1. The van der Waals surface area contributed by atoms with Crippen molar-refractivity contribution in [3.63, 3.8) is 0 Å². The van der Waals surface area contributed by atoms with Gasteiger partial charge in [-0.05, 0) is 36.4 Å². The Hall–Kier alpha value is -3.20. The first-order chi connectivity index (χ1) is 14.7. The number of hydrogen-bond donors (Lipinski definition) is 0. The maximum Gasteiger partial charge on any atom is 0.233 e. The smallest absolute Gasteiger partial charge is 0.233 e. The molecule has 0 spiro atoms. The lowest BCUT2D eigenvalue weighted by Crippen LogP contribution is -2.49. The third kappa shape index (κ3) is 3.56. The van der Waals surface area contributed by atoms with Gasteiger partial charge >= 0.3 is 0 Å². The van der Waals surface area contributed by atoms with Gasteiger partial charge in [-0.3, -0.25) is 9.20 Å². The predicted octanol–water partition coefficient (Wildman–Crippen LogP) is 2.86. The summed E-state index contributed by atoms with van der Waals surface area (Å²) in [7, 11) is 0. The van der Waals surface area contributed by atoms with Gasteiger partial charge in [-0.25, -0.2) is 9.37 Å².